The van der Waals surface area contributed by atoms with Crippen molar-refractivity contribution in [3.05, 3.63) is 47.3 Å². The Morgan fingerprint density at radius 1 is 1.21 bits per heavy atom. The third-order valence-corrected chi connectivity index (χ3v) is 5.31. The van der Waals surface area contributed by atoms with Crippen LogP contribution in [0.2, 0.25) is 0 Å². The number of nitrogens with zero attached hydrogens (tertiary/aromatic N) is 3. The standard InChI is InChI=1S/C21H26N4O4/c1-15-12-18(29-23-15)14-24-7-9-25(10-8-24)21(27)16-4-2-5-17(13-16)22-20(26)19-6-3-11-28-19/h2,4-5,12-13,19H,3,6-11,14H2,1H3,(H,22,26). The van der Waals surface area contributed by atoms with Crippen LogP contribution in [0.5, 0.6) is 0 Å². The molecule has 0 aliphatic carbocycles. The van der Waals surface area contributed by atoms with Gasteiger partial charge in [-0.2, -0.15) is 0 Å². The molecule has 0 bridgehead atoms. The number of carbonyl (C=O) groups is 2. The van der Waals surface area contributed by atoms with Crippen LogP contribution in [0.4, 0.5) is 5.69 Å². The monoisotopic (exact) mass is 398 g/mol. The number of carbonyl (C=O) groups excluding carboxylic acids is 2. The molecule has 8 heteroatoms. The van der Waals surface area contributed by atoms with Gasteiger partial charge in [-0.15, -0.1) is 0 Å². The molecule has 0 spiro atoms. The summed E-state index contributed by atoms with van der Waals surface area (Å²) in [6.07, 6.45) is 1.25. The van der Waals surface area contributed by atoms with Crippen LogP contribution in [0, 0.1) is 6.92 Å². The van der Waals surface area contributed by atoms with Gasteiger partial charge in [-0.3, -0.25) is 14.5 Å². The van der Waals surface area contributed by atoms with E-state index in [4.69, 9.17) is 9.26 Å². The third kappa shape index (κ3) is 4.83. The summed E-state index contributed by atoms with van der Waals surface area (Å²) >= 11 is 0. The van der Waals surface area contributed by atoms with E-state index in [9.17, 15) is 9.59 Å². The lowest BCUT2D eigenvalue weighted by Gasteiger charge is -2.34. The van der Waals surface area contributed by atoms with Crippen molar-refractivity contribution in [2.75, 3.05) is 38.1 Å². The lowest BCUT2D eigenvalue weighted by Crippen LogP contribution is -2.48. The second-order valence-electron chi connectivity index (χ2n) is 7.57. The van der Waals surface area contributed by atoms with E-state index in [-0.39, 0.29) is 11.8 Å². The second kappa shape index (κ2) is 8.75. The maximum atomic E-state index is 12.9. The van der Waals surface area contributed by atoms with Crippen LogP contribution in [0.25, 0.3) is 0 Å². The molecule has 1 aromatic carbocycles. The minimum absolute atomic E-state index is 0.0200. The van der Waals surface area contributed by atoms with Gasteiger partial charge in [0.15, 0.2) is 5.76 Å². The normalized spacial score (nSPS) is 20.0. The lowest BCUT2D eigenvalue weighted by molar-refractivity contribution is -0.124. The molecule has 3 heterocycles. The first-order chi connectivity index (χ1) is 14.1. The van der Waals surface area contributed by atoms with Crippen LogP contribution >= 0.6 is 0 Å². The van der Waals surface area contributed by atoms with Crippen LogP contribution < -0.4 is 5.32 Å². The molecule has 1 aromatic heterocycles. The van der Waals surface area contributed by atoms with Gasteiger partial charge in [0.1, 0.15) is 6.10 Å². The molecule has 4 rings (SSSR count). The third-order valence-electron chi connectivity index (χ3n) is 5.31. The summed E-state index contributed by atoms with van der Waals surface area (Å²) in [6, 6.07) is 9.04. The molecule has 1 unspecified atom stereocenters. The molecule has 1 N–H and O–H groups in total. The Bertz CT molecular complexity index is 867. The van der Waals surface area contributed by atoms with Crippen molar-refractivity contribution in [1.82, 2.24) is 15.0 Å². The van der Waals surface area contributed by atoms with E-state index in [2.05, 4.69) is 15.4 Å². The molecule has 8 nitrogen and oxygen atoms in total. The van der Waals surface area contributed by atoms with E-state index in [1.54, 1.807) is 24.3 Å². The number of aryl methyl sites for hydroxylation is 1. The minimum atomic E-state index is -0.393. The summed E-state index contributed by atoms with van der Waals surface area (Å²) in [5, 5.41) is 6.77. The Kier molecular flexibility index (Phi) is 5.92. The number of aromatic nitrogens is 1. The van der Waals surface area contributed by atoms with E-state index >= 15 is 0 Å². The molecule has 2 aromatic rings. The molecular weight excluding hydrogens is 372 g/mol. The van der Waals surface area contributed by atoms with Crippen molar-refractivity contribution in [3.8, 4) is 0 Å². The Morgan fingerprint density at radius 2 is 2.03 bits per heavy atom. The van der Waals surface area contributed by atoms with Gasteiger partial charge in [0.25, 0.3) is 11.8 Å². The summed E-state index contributed by atoms with van der Waals surface area (Å²) in [7, 11) is 0. The highest BCUT2D eigenvalue weighted by Gasteiger charge is 2.25. The first kappa shape index (κ1) is 19.6. The maximum Gasteiger partial charge on any atom is 0.254 e. The highest BCUT2D eigenvalue weighted by molar-refractivity contribution is 5.98. The zero-order chi connectivity index (χ0) is 20.2. The van der Waals surface area contributed by atoms with E-state index in [1.165, 1.54) is 0 Å². The quantitative estimate of drug-likeness (QED) is 0.830. The van der Waals surface area contributed by atoms with Gasteiger partial charge < -0.3 is 19.5 Å². The van der Waals surface area contributed by atoms with E-state index in [0.717, 1.165) is 37.4 Å². The number of hydrogen-bond donors (Lipinski definition) is 1. The molecule has 29 heavy (non-hydrogen) atoms. The molecule has 2 fully saturated rings. The van der Waals surface area contributed by atoms with Gasteiger partial charge >= 0.3 is 0 Å². The lowest BCUT2D eigenvalue weighted by atomic mass is 10.1. The summed E-state index contributed by atoms with van der Waals surface area (Å²) in [5.74, 6) is 0.675. The Balaban J connectivity index is 1.32. The van der Waals surface area contributed by atoms with Gasteiger partial charge in [0.2, 0.25) is 0 Å². The molecule has 0 saturated carbocycles. The molecular formula is C21H26N4O4. The predicted molar refractivity (Wildman–Crippen MR) is 106 cm³/mol. The molecule has 2 saturated heterocycles. The van der Waals surface area contributed by atoms with Gasteiger partial charge in [-0.05, 0) is 38.0 Å². The van der Waals surface area contributed by atoms with Gasteiger partial charge in [0.05, 0.1) is 12.2 Å². The van der Waals surface area contributed by atoms with Crippen LogP contribution in [0.3, 0.4) is 0 Å². The molecule has 2 aliphatic rings. The predicted octanol–water partition coefficient (Wildman–Crippen LogP) is 2.06. The van der Waals surface area contributed by atoms with Crippen molar-refractivity contribution in [1.29, 1.82) is 0 Å². The van der Waals surface area contributed by atoms with E-state index in [1.807, 2.05) is 17.9 Å². The average molecular weight is 398 g/mol. The van der Waals surface area contributed by atoms with Crippen molar-refractivity contribution in [2.24, 2.45) is 0 Å². The zero-order valence-electron chi connectivity index (χ0n) is 16.6. The number of anilines is 1. The van der Waals surface area contributed by atoms with E-state index < -0.39 is 6.10 Å². The number of piperazine rings is 1. The number of rotatable bonds is 5. The average Bonchev–Trinajstić information content (AvgIpc) is 3.40. The van der Waals surface area contributed by atoms with Crippen molar-refractivity contribution < 1.29 is 18.8 Å². The van der Waals surface area contributed by atoms with Gasteiger partial charge in [0, 0.05) is 50.1 Å². The Hall–Kier alpha value is -2.71. The number of nitrogens with one attached hydrogen (secondary N) is 1. The highest BCUT2D eigenvalue weighted by atomic mass is 16.5. The van der Waals surface area contributed by atoms with E-state index in [0.29, 0.717) is 37.5 Å². The van der Waals surface area contributed by atoms with Crippen molar-refractivity contribution in [2.45, 2.75) is 32.4 Å². The fourth-order valence-corrected chi connectivity index (χ4v) is 3.74. The summed E-state index contributed by atoms with van der Waals surface area (Å²) in [5.41, 5.74) is 2.07. The summed E-state index contributed by atoms with van der Waals surface area (Å²) in [6.45, 7) is 6.09. The fourth-order valence-electron chi connectivity index (χ4n) is 3.74. The fraction of sp³-hybridized carbons (Fsp3) is 0.476. The van der Waals surface area contributed by atoms with Crippen LogP contribution in [-0.4, -0.2) is 65.7 Å². The number of ether oxygens (including phenoxy) is 1. The molecule has 0 radical (unpaired) electrons. The van der Waals surface area contributed by atoms with Gasteiger partial charge in [-0.1, -0.05) is 11.2 Å². The number of benzene rings is 1. The van der Waals surface area contributed by atoms with Crippen molar-refractivity contribution in [3.63, 3.8) is 0 Å². The SMILES string of the molecule is Cc1cc(CN2CCN(C(=O)c3cccc(NC(=O)C4CCCO4)c3)CC2)on1. The van der Waals surface area contributed by atoms with Crippen molar-refractivity contribution >= 4 is 17.5 Å². The largest absolute Gasteiger partial charge is 0.368 e. The topological polar surface area (TPSA) is 87.9 Å². The number of hydrogen-bond acceptors (Lipinski definition) is 6. The van der Waals surface area contributed by atoms with Crippen LogP contribution in [0.1, 0.15) is 34.7 Å². The maximum absolute atomic E-state index is 12.9. The van der Waals surface area contributed by atoms with Gasteiger partial charge in [-0.25, -0.2) is 0 Å². The molecule has 2 aliphatic heterocycles. The summed E-state index contributed by atoms with van der Waals surface area (Å²) < 4.78 is 10.7. The van der Waals surface area contributed by atoms with Crippen LogP contribution in [-0.2, 0) is 16.1 Å². The smallest absolute Gasteiger partial charge is 0.254 e. The summed E-state index contributed by atoms with van der Waals surface area (Å²) in [4.78, 5) is 29.2. The Labute approximate surface area is 169 Å². The highest BCUT2D eigenvalue weighted by Crippen LogP contribution is 2.18. The number of amides is 2. The first-order valence-corrected chi connectivity index (χ1v) is 10.0. The first-order valence-electron chi connectivity index (χ1n) is 10.0. The second-order valence-corrected chi connectivity index (χ2v) is 7.57. The minimum Gasteiger partial charge on any atom is -0.368 e. The van der Waals surface area contributed by atoms with Crippen LogP contribution in [0.15, 0.2) is 34.9 Å². The molecule has 2 amide bonds. The zero-order valence-corrected chi connectivity index (χ0v) is 16.6. The Morgan fingerprint density at radius 3 is 2.72 bits per heavy atom. The molecule has 154 valence electrons. The molecule has 1 atom stereocenters.